The van der Waals surface area contributed by atoms with Crippen LogP contribution in [0.2, 0.25) is 0 Å². The molecule has 0 spiro atoms. The Morgan fingerprint density at radius 3 is 2.38 bits per heavy atom. The van der Waals surface area contributed by atoms with E-state index in [-0.39, 0.29) is 29.8 Å². The molecule has 0 unspecified atom stereocenters. The van der Waals surface area contributed by atoms with Gasteiger partial charge in [0.1, 0.15) is 0 Å². The number of rotatable bonds is 6. The number of hydrogen-bond donors (Lipinski definition) is 1. The average Bonchev–Trinajstić information content (AvgIpc) is 3.13. The van der Waals surface area contributed by atoms with Gasteiger partial charge in [0.25, 0.3) is 0 Å². The number of carbonyl (C=O) groups is 1. The predicted molar refractivity (Wildman–Crippen MR) is 123 cm³/mol. The fraction of sp³-hybridized carbons (Fsp3) is 0.333. The molecular weight excluding hydrogens is 462 g/mol. The van der Waals surface area contributed by atoms with E-state index in [0.29, 0.717) is 25.5 Å². The van der Waals surface area contributed by atoms with E-state index in [4.69, 9.17) is 0 Å². The number of para-hydroxylation sites is 1. The maximum atomic E-state index is 13.5. The van der Waals surface area contributed by atoms with Crippen LogP contribution in [0.3, 0.4) is 0 Å². The van der Waals surface area contributed by atoms with E-state index >= 15 is 0 Å². The highest BCUT2D eigenvalue weighted by Gasteiger charge is 2.32. The number of piperidine rings is 1. The van der Waals surface area contributed by atoms with Crippen molar-refractivity contribution in [2.45, 2.75) is 38.1 Å². The van der Waals surface area contributed by atoms with Crippen LogP contribution >= 0.6 is 0 Å². The van der Waals surface area contributed by atoms with E-state index in [2.05, 4.69) is 10.4 Å². The minimum Gasteiger partial charge on any atom is -0.352 e. The summed E-state index contributed by atoms with van der Waals surface area (Å²) in [5, 5.41) is 7.55. The number of amides is 1. The molecule has 1 aliphatic heterocycles. The summed E-state index contributed by atoms with van der Waals surface area (Å²) in [5.74, 6) is -2.79. The van der Waals surface area contributed by atoms with Crippen LogP contribution in [0.25, 0.3) is 5.69 Å². The monoisotopic (exact) mass is 488 g/mol. The highest BCUT2D eigenvalue weighted by molar-refractivity contribution is 7.89. The van der Waals surface area contributed by atoms with Crippen molar-refractivity contribution in [1.82, 2.24) is 19.4 Å². The predicted octanol–water partition coefficient (Wildman–Crippen LogP) is 3.48. The second-order valence-corrected chi connectivity index (χ2v) is 10.3. The molecule has 0 atom stereocenters. The summed E-state index contributed by atoms with van der Waals surface area (Å²) in [6.07, 6.45) is 0.686. The fourth-order valence-electron chi connectivity index (χ4n) is 4.22. The number of hydrogen-bond acceptors (Lipinski definition) is 4. The first kappa shape index (κ1) is 24.0. The van der Waals surface area contributed by atoms with Gasteiger partial charge in [-0.15, -0.1) is 0 Å². The highest BCUT2D eigenvalue weighted by atomic mass is 32.2. The zero-order valence-corrected chi connectivity index (χ0v) is 19.8. The molecule has 0 saturated carbocycles. The quantitative estimate of drug-likeness (QED) is 0.576. The van der Waals surface area contributed by atoms with Gasteiger partial charge in [0.15, 0.2) is 11.6 Å². The normalized spacial score (nSPS) is 15.4. The minimum absolute atomic E-state index is 0.128. The van der Waals surface area contributed by atoms with Crippen molar-refractivity contribution in [3.63, 3.8) is 0 Å². The zero-order valence-electron chi connectivity index (χ0n) is 19.0. The maximum Gasteiger partial charge on any atom is 0.243 e. The SMILES string of the molecule is Cc1nn(-c2ccccc2)c(C)c1CNC(=O)C1CCN(S(=O)(=O)c2ccc(F)c(F)c2)CC1. The average molecular weight is 489 g/mol. The molecule has 0 aliphatic carbocycles. The largest absolute Gasteiger partial charge is 0.352 e. The Labute approximate surface area is 197 Å². The number of sulfonamides is 1. The fourth-order valence-corrected chi connectivity index (χ4v) is 5.70. The second kappa shape index (κ2) is 9.63. The zero-order chi connectivity index (χ0) is 24.5. The second-order valence-electron chi connectivity index (χ2n) is 8.37. The molecule has 7 nitrogen and oxygen atoms in total. The Kier molecular flexibility index (Phi) is 6.81. The third-order valence-corrected chi connectivity index (χ3v) is 8.13. The number of carbonyl (C=O) groups excluding carboxylic acids is 1. The lowest BCUT2D eigenvalue weighted by molar-refractivity contribution is -0.126. The molecular formula is C24H26F2N4O3S. The summed E-state index contributed by atoms with van der Waals surface area (Å²) in [6.45, 7) is 4.44. The summed E-state index contributed by atoms with van der Waals surface area (Å²) in [5.41, 5.74) is 3.65. The molecule has 10 heteroatoms. The molecule has 0 radical (unpaired) electrons. The van der Waals surface area contributed by atoms with Gasteiger partial charge >= 0.3 is 0 Å². The van der Waals surface area contributed by atoms with Crippen molar-refractivity contribution in [3.8, 4) is 5.69 Å². The molecule has 1 amide bonds. The first-order valence-corrected chi connectivity index (χ1v) is 12.5. The summed E-state index contributed by atoms with van der Waals surface area (Å²) >= 11 is 0. The molecule has 4 rings (SSSR count). The van der Waals surface area contributed by atoms with Crippen molar-refractivity contribution in [1.29, 1.82) is 0 Å². The first-order chi connectivity index (χ1) is 16.2. The van der Waals surface area contributed by atoms with Crippen LogP contribution < -0.4 is 5.32 Å². The molecule has 3 aromatic rings. The van der Waals surface area contributed by atoms with Gasteiger partial charge in [0.2, 0.25) is 15.9 Å². The highest BCUT2D eigenvalue weighted by Crippen LogP contribution is 2.25. The van der Waals surface area contributed by atoms with Gasteiger partial charge in [-0.25, -0.2) is 21.9 Å². The van der Waals surface area contributed by atoms with E-state index < -0.39 is 21.7 Å². The van der Waals surface area contributed by atoms with Crippen LogP contribution in [-0.2, 0) is 21.4 Å². The lowest BCUT2D eigenvalue weighted by Crippen LogP contribution is -2.42. The van der Waals surface area contributed by atoms with Crippen LogP contribution in [0.15, 0.2) is 53.4 Å². The van der Waals surface area contributed by atoms with Gasteiger partial charge < -0.3 is 5.32 Å². The molecule has 2 heterocycles. The maximum absolute atomic E-state index is 13.5. The summed E-state index contributed by atoms with van der Waals surface area (Å²) in [7, 11) is -3.96. The van der Waals surface area contributed by atoms with E-state index in [9.17, 15) is 22.0 Å². The smallest absolute Gasteiger partial charge is 0.243 e. The van der Waals surface area contributed by atoms with Gasteiger partial charge in [-0.1, -0.05) is 18.2 Å². The van der Waals surface area contributed by atoms with E-state index in [0.717, 1.165) is 34.8 Å². The molecule has 180 valence electrons. The van der Waals surface area contributed by atoms with E-state index in [1.807, 2.05) is 48.9 Å². The number of nitrogens with zero attached hydrogens (tertiary/aromatic N) is 3. The number of aryl methyl sites for hydroxylation is 1. The Hall–Kier alpha value is -3.11. The Bertz CT molecular complexity index is 1300. The van der Waals surface area contributed by atoms with E-state index in [1.54, 1.807) is 0 Å². The number of benzene rings is 2. The molecule has 1 saturated heterocycles. The minimum atomic E-state index is -3.96. The van der Waals surface area contributed by atoms with E-state index in [1.165, 1.54) is 4.31 Å². The number of nitrogens with one attached hydrogen (secondary N) is 1. The summed E-state index contributed by atoms with van der Waals surface area (Å²) < 4.78 is 55.3. The van der Waals surface area contributed by atoms with Crippen molar-refractivity contribution < 1.29 is 22.0 Å². The van der Waals surface area contributed by atoms with Crippen molar-refractivity contribution in [2.75, 3.05) is 13.1 Å². The Balaban J connectivity index is 1.36. The van der Waals surface area contributed by atoms with Crippen molar-refractivity contribution in [2.24, 2.45) is 5.92 Å². The van der Waals surface area contributed by atoms with Gasteiger partial charge in [-0.05, 0) is 57.0 Å². The Morgan fingerprint density at radius 2 is 1.74 bits per heavy atom. The summed E-state index contributed by atoms with van der Waals surface area (Å²) in [6, 6.07) is 12.3. The molecule has 0 bridgehead atoms. The van der Waals surface area contributed by atoms with Crippen LogP contribution in [0.4, 0.5) is 8.78 Å². The van der Waals surface area contributed by atoms with Gasteiger partial charge in [-0.2, -0.15) is 9.40 Å². The molecule has 34 heavy (non-hydrogen) atoms. The Morgan fingerprint density at radius 1 is 1.06 bits per heavy atom. The van der Waals surface area contributed by atoms with Gasteiger partial charge in [0.05, 0.1) is 16.3 Å². The van der Waals surface area contributed by atoms with Crippen LogP contribution in [0.1, 0.15) is 29.8 Å². The standard InChI is InChI=1S/C24H26F2N4O3S/c1-16-21(17(2)30(28-16)19-6-4-3-5-7-19)15-27-24(31)18-10-12-29(13-11-18)34(32,33)20-8-9-22(25)23(26)14-20/h3-9,14,18H,10-13,15H2,1-2H3,(H,27,31). The first-order valence-electron chi connectivity index (χ1n) is 11.0. The molecule has 2 aromatic carbocycles. The number of halogens is 2. The number of aromatic nitrogens is 2. The third-order valence-electron chi connectivity index (χ3n) is 6.23. The molecule has 1 aromatic heterocycles. The van der Waals surface area contributed by atoms with Crippen LogP contribution in [0.5, 0.6) is 0 Å². The summed E-state index contributed by atoms with van der Waals surface area (Å²) in [4.78, 5) is 12.5. The lowest BCUT2D eigenvalue weighted by atomic mass is 9.97. The van der Waals surface area contributed by atoms with Crippen molar-refractivity contribution >= 4 is 15.9 Å². The van der Waals surface area contributed by atoms with Crippen LogP contribution in [-0.4, -0.2) is 41.5 Å². The van der Waals surface area contributed by atoms with Crippen LogP contribution in [0, 0.1) is 31.4 Å². The van der Waals surface area contributed by atoms with Gasteiger partial charge in [-0.3, -0.25) is 4.79 Å². The third kappa shape index (κ3) is 4.74. The molecule has 1 aliphatic rings. The molecule has 1 N–H and O–H groups in total. The lowest BCUT2D eigenvalue weighted by Gasteiger charge is -2.30. The molecule has 1 fully saturated rings. The van der Waals surface area contributed by atoms with Crippen molar-refractivity contribution in [3.05, 3.63) is 77.1 Å². The van der Waals surface area contributed by atoms with Gasteiger partial charge in [0, 0.05) is 36.8 Å². The topological polar surface area (TPSA) is 84.3 Å².